The van der Waals surface area contributed by atoms with E-state index in [1.807, 2.05) is 23.9 Å². The second-order valence-electron chi connectivity index (χ2n) is 9.30. The average molecular weight is 531 g/mol. The van der Waals surface area contributed by atoms with E-state index in [1.54, 1.807) is 6.92 Å². The van der Waals surface area contributed by atoms with Crippen LogP contribution in [-0.4, -0.2) is 64.9 Å². The fourth-order valence-electron chi connectivity index (χ4n) is 5.10. The maximum Gasteiger partial charge on any atom is 0.490 e. The average Bonchev–Trinajstić information content (AvgIpc) is 3.28. The number of nitrogens with zero attached hydrogens (tertiary/aromatic N) is 1. The maximum atomic E-state index is 12.8. The van der Waals surface area contributed by atoms with Crippen LogP contribution in [0, 0.1) is 11.8 Å². The summed E-state index contributed by atoms with van der Waals surface area (Å²) in [6, 6.07) is 7.80. The number of amides is 2. The van der Waals surface area contributed by atoms with Crippen molar-refractivity contribution in [2.75, 3.05) is 14.2 Å². The summed E-state index contributed by atoms with van der Waals surface area (Å²) in [7, 11) is 2.79. The van der Waals surface area contributed by atoms with Gasteiger partial charge in [0.2, 0.25) is 11.8 Å². The number of likely N-dealkylation sites (tertiary alicyclic amines) is 1. The lowest BCUT2D eigenvalue weighted by atomic mass is 9.80. The van der Waals surface area contributed by atoms with Crippen molar-refractivity contribution in [1.82, 2.24) is 10.2 Å². The third-order valence-electron chi connectivity index (χ3n) is 6.95. The summed E-state index contributed by atoms with van der Waals surface area (Å²) in [5.41, 5.74) is -0.311. The smallest absolute Gasteiger partial charge is 0.475 e. The highest BCUT2D eigenvalue weighted by atomic mass is 32.2. The fourth-order valence-corrected chi connectivity index (χ4v) is 6.35. The van der Waals surface area contributed by atoms with Crippen molar-refractivity contribution in [3.63, 3.8) is 0 Å². The van der Waals surface area contributed by atoms with Gasteiger partial charge in [-0.3, -0.25) is 24.6 Å². The number of alkyl halides is 3. The number of benzene rings is 1. The summed E-state index contributed by atoms with van der Waals surface area (Å²) < 4.78 is 36.7. The van der Waals surface area contributed by atoms with E-state index in [-0.39, 0.29) is 11.8 Å². The van der Waals surface area contributed by atoms with Crippen molar-refractivity contribution in [3.8, 4) is 0 Å². The molecule has 36 heavy (non-hydrogen) atoms. The van der Waals surface area contributed by atoms with Crippen LogP contribution in [0.1, 0.15) is 50.6 Å². The van der Waals surface area contributed by atoms with E-state index in [0.29, 0.717) is 5.25 Å². The number of hydrogen-bond donors (Lipinski definition) is 2. The number of rotatable bonds is 4. The van der Waals surface area contributed by atoms with Crippen molar-refractivity contribution in [2.45, 2.75) is 66.9 Å². The van der Waals surface area contributed by atoms with Crippen molar-refractivity contribution in [2.24, 2.45) is 11.8 Å². The number of methoxy groups -OCH3 is 1. The minimum Gasteiger partial charge on any atom is -0.475 e. The summed E-state index contributed by atoms with van der Waals surface area (Å²) in [5.74, 6) is -5.20. The summed E-state index contributed by atoms with van der Waals surface area (Å²) >= 11 is 1.92. The lowest BCUT2D eigenvalue weighted by molar-refractivity contribution is -0.192. The van der Waals surface area contributed by atoms with Crippen LogP contribution in [0.4, 0.5) is 13.2 Å². The van der Waals surface area contributed by atoms with Gasteiger partial charge in [0.05, 0.1) is 18.9 Å². The quantitative estimate of drug-likeness (QED) is 0.449. The van der Waals surface area contributed by atoms with Gasteiger partial charge in [-0.1, -0.05) is 31.4 Å². The Labute approximate surface area is 210 Å². The third kappa shape index (κ3) is 5.54. The number of carboxylic acid groups (broad SMARTS) is 1. The molecule has 0 spiro atoms. The molecular weight excluding hydrogens is 501 g/mol. The third-order valence-corrected chi connectivity index (χ3v) is 8.30. The van der Waals surface area contributed by atoms with Gasteiger partial charge < -0.3 is 9.84 Å². The van der Waals surface area contributed by atoms with E-state index < -0.39 is 41.5 Å². The van der Waals surface area contributed by atoms with Crippen LogP contribution in [0.15, 0.2) is 29.2 Å². The van der Waals surface area contributed by atoms with Gasteiger partial charge in [-0.15, -0.1) is 11.8 Å². The molecule has 0 bridgehead atoms. The zero-order chi connectivity index (χ0) is 26.8. The lowest BCUT2D eigenvalue weighted by Gasteiger charge is -2.28. The van der Waals surface area contributed by atoms with Crippen molar-refractivity contribution < 1.29 is 42.2 Å². The molecule has 1 aliphatic carbocycles. The zero-order valence-electron chi connectivity index (χ0n) is 20.1. The van der Waals surface area contributed by atoms with Gasteiger partial charge in [0.15, 0.2) is 0 Å². The van der Waals surface area contributed by atoms with Crippen LogP contribution in [-0.2, 0) is 23.9 Å². The molecule has 2 saturated heterocycles. The standard InChI is InChI=1S/C22H28N2O4S.C2HF3O2/c1-22(21(27)28-3)17-16(19(25)24(2)20(17)26)18(23-22)13-9-11-15(12-10-13)29-14-7-5-4-6-8-14;3-2(4,5)1(6)7/h9-12,14,16-18,23H,4-8H2,1-3H3;(H,6,7)/t16-,17-,18-,22-;/m1./s1. The van der Waals surface area contributed by atoms with Crippen molar-refractivity contribution >= 4 is 35.5 Å². The van der Waals surface area contributed by atoms with Crippen molar-refractivity contribution in [1.29, 1.82) is 0 Å². The Balaban J connectivity index is 0.000000454. The number of hydrogen-bond acceptors (Lipinski definition) is 7. The summed E-state index contributed by atoms with van der Waals surface area (Å²) in [6.07, 6.45) is 1.40. The molecule has 8 nitrogen and oxygen atoms in total. The van der Waals surface area contributed by atoms with E-state index in [9.17, 15) is 27.6 Å². The molecule has 2 amide bonds. The van der Waals surface area contributed by atoms with Gasteiger partial charge in [0.25, 0.3) is 0 Å². The Kier molecular flexibility index (Phi) is 8.39. The first-order valence-electron chi connectivity index (χ1n) is 11.6. The van der Waals surface area contributed by atoms with Gasteiger partial charge in [0, 0.05) is 23.2 Å². The highest BCUT2D eigenvalue weighted by Gasteiger charge is 2.66. The Morgan fingerprint density at radius 3 is 2.17 bits per heavy atom. The number of fused-ring (bicyclic) bond motifs is 1. The zero-order valence-corrected chi connectivity index (χ0v) is 20.9. The largest absolute Gasteiger partial charge is 0.490 e. The SMILES string of the molecule is COC(=O)[C@]1(C)N[C@H](c2ccc(SC3CCCCC3)cc2)[C@@H]2C(=O)N(C)C(=O)[C@@H]21.O=C(O)C(F)(F)F. The molecule has 0 radical (unpaired) electrons. The molecule has 1 aromatic carbocycles. The number of ether oxygens (including phenoxy) is 1. The Bertz CT molecular complexity index is 1010. The number of thioether (sulfide) groups is 1. The Hall–Kier alpha value is -2.60. The van der Waals surface area contributed by atoms with E-state index in [0.717, 1.165) is 10.5 Å². The molecule has 2 heterocycles. The topological polar surface area (TPSA) is 113 Å². The second kappa shape index (κ2) is 10.8. The first-order valence-corrected chi connectivity index (χ1v) is 12.4. The van der Waals surface area contributed by atoms with Gasteiger partial charge in [0.1, 0.15) is 5.54 Å². The number of carbonyl (C=O) groups is 4. The van der Waals surface area contributed by atoms with Crippen LogP contribution in [0.3, 0.4) is 0 Å². The number of nitrogens with one attached hydrogen (secondary N) is 1. The molecule has 0 unspecified atom stereocenters. The molecule has 4 atom stereocenters. The Morgan fingerprint density at radius 1 is 1.11 bits per heavy atom. The second-order valence-corrected chi connectivity index (χ2v) is 10.7. The van der Waals surface area contributed by atoms with E-state index in [4.69, 9.17) is 14.6 Å². The summed E-state index contributed by atoms with van der Waals surface area (Å²) in [6.45, 7) is 1.66. The van der Waals surface area contributed by atoms with E-state index in [2.05, 4.69) is 17.4 Å². The monoisotopic (exact) mass is 530 g/mol. The summed E-state index contributed by atoms with van der Waals surface area (Å²) in [4.78, 5) is 49.3. The molecule has 2 aliphatic heterocycles. The number of aliphatic carboxylic acids is 1. The van der Waals surface area contributed by atoms with Crippen LogP contribution in [0.5, 0.6) is 0 Å². The predicted molar refractivity (Wildman–Crippen MR) is 124 cm³/mol. The van der Waals surface area contributed by atoms with Gasteiger partial charge >= 0.3 is 18.1 Å². The maximum absolute atomic E-state index is 12.8. The first-order chi connectivity index (χ1) is 16.8. The van der Waals surface area contributed by atoms with E-state index in [1.165, 1.54) is 51.2 Å². The molecule has 0 aromatic heterocycles. The van der Waals surface area contributed by atoms with Crippen LogP contribution in [0.25, 0.3) is 0 Å². The fraction of sp³-hybridized carbons (Fsp3) is 0.583. The molecule has 4 rings (SSSR count). The highest BCUT2D eigenvalue weighted by molar-refractivity contribution is 8.00. The normalized spacial score (nSPS) is 28.4. The number of carbonyl (C=O) groups excluding carboxylic acids is 3. The first kappa shape index (κ1) is 28.0. The van der Waals surface area contributed by atoms with Gasteiger partial charge in [-0.2, -0.15) is 13.2 Å². The minimum atomic E-state index is -5.08. The molecular formula is C24H29F3N2O6S. The molecule has 2 N–H and O–H groups in total. The molecule has 1 saturated carbocycles. The number of imide groups is 1. The molecule has 3 fully saturated rings. The molecule has 198 valence electrons. The van der Waals surface area contributed by atoms with E-state index >= 15 is 0 Å². The van der Waals surface area contributed by atoms with Gasteiger partial charge in [-0.25, -0.2) is 4.79 Å². The molecule has 12 heteroatoms. The lowest BCUT2D eigenvalue weighted by Crippen LogP contribution is -2.53. The Morgan fingerprint density at radius 2 is 1.67 bits per heavy atom. The van der Waals surface area contributed by atoms with Gasteiger partial charge in [-0.05, 0) is 37.5 Å². The molecule has 1 aromatic rings. The van der Waals surface area contributed by atoms with Crippen LogP contribution < -0.4 is 5.32 Å². The predicted octanol–water partition coefficient (Wildman–Crippen LogP) is 3.55. The van der Waals surface area contributed by atoms with Crippen molar-refractivity contribution in [3.05, 3.63) is 29.8 Å². The van der Waals surface area contributed by atoms with Crippen LogP contribution in [0.2, 0.25) is 0 Å². The van der Waals surface area contributed by atoms with Crippen LogP contribution >= 0.6 is 11.8 Å². The number of carboxylic acids is 1. The highest BCUT2D eigenvalue weighted by Crippen LogP contribution is 2.48. The summed E-state index contributed by atoms with van der Waals surface area (Å²) in [5, 5.41) is 11.1. The minimum absolute atomic E-state index is 0.245. The molecule has 3 aliphatic rings. The number of esters is 1. The number of halogens is 3.